The molecule has 0 atom stereocenters. The Labute approximate surface area is 89.1 Å². The van der Waals surface area contributed by atoms with Crippen LogP contribution in [-0.2, 0) is 11.3 Å². The van der Waals surface area contributed by atoms with Gasteiger partial charge < -0.3 is 10.2 Å². The van der Waals surface area contributed by atoms with Crippen molar-refractivity contribution < 1.29 is 4.79 Å². The first-order chi connectivity index (χ1) is 7.13. The second-order valence-corrected chi connectivity index (χ2v) is 3.37. The zero-order valence-electron chi connectivity index (χ0n) is 9.37. The van der Waals surface area contributed by atoms with Crippen molar-refractivity contribution in [3.8, 4) is 0 Å². The Balaban J connectivity index is 2.41. The van der Waals surface area contributed by atoms with Crippen LogP contribution in [-0.4, -0.2) is 46.1 Å². The summed E-state index contributed by atoms with van der Waals surface area (Å²) < 4.78 is 0. The molecule has 6 heteroatoms. The number of nitrogens with zero attached hydrogens (tertiary/aromatic N) is 3. The number of likely N-dealkylation sites (N-methyl/N-ethyl adjacent to an activating group) is 2. The molecule has 0 unspecified atom stereocenters. The number of hydrogen-bond acceptors (Lipinski definition) is 4. The molecule has 2 N–H and O–H groups in total. The van der Waals surface area contributed by atoms with E-state index >= 15 is 0 Å². The van der Waals surface area contributed by atoms with Gasteiger partial charge in [0.15, 0.2) is 5.82 Å². The first-order valence-electron chi connectivity index (χ1n) is 4.96. The van der Waals surface area contributed by atoms with E-state index in [4.69, 9.17) is 0 Å². The number of aryl methyl sites for hydroxylation is 1. The molecule has 1 heterocycles. The highest BCUT2D eigenvalue weighted by molar-refractivity contribution is 5.77. The van der Waals surface area contributed by atoms with Gasteiger partial charge in [0, 0.05) is 7.05 Å². The number of amides is 1. The first-order valence-corrected chi connectivity index (χ1v) is 4.96. The van der Waals surface area contributed by atoms with Crippen molar-refractivity contribution in [1.82, 2.24) is 25.4 Å². The number of hydrogen-bond donors (Lipinski definition) is 2. The Morgan fingerprint density at radius 1 is 1.60 bits per heavy atom. The maximum absolute atomic E-state index is 11.5. The smallest absolute Gasteiger partial charge is 0.236 e. The van der Waals surface area contributed by atoms with E-state index in [-0.39, 0.29) is 5.91 Å². The molecule has 0 saturated carbocycles. The van der Waals surface area contributed by atoms with Gasteiger partial charge in [0.25, 0.3) is 0 Å². The molecule has 0 aliphatic rings. The minimum atomic E-state index is 0.0410. The fraction of sp³-hybridized carbons (Fsp3) is 0.667. The molecule has 6 nitrogen and oxygen atoms in total. The highest BCUT2D eigenvalue weighted by atomic mass is 16.2. The molecule has 0 fully saturated rings. The topological polar surface area (TPSA) is 73.9 Å². The van der Waals surface area contributed by atoms with Gasteiger partial charge in [-0.05, 0) is 13.5 Å². The zero-order chi connectivity index (χ0) is 11.3. The highest BCUT2D eigenvalue weighted by Gasteiger charge is 2.10. The molecule has 15 heavy (non-hydrogen) atoms. The van der Waals surface area contributed by atoms with E-state index in [1.165, 1.54) is 0 Å². The van der Waals surface area contributed by atoms with Gasteiger partial charge in [0.1, 0.15) is 5.82 Å². The molecule has 0 aliphatic carbocycles. The Morgan fingerprint density at radius 3 is 2.87 bits per heavy atom. The van der Waals surface area contributed by atoms with Crippen LogP contribution in [0.5, 0.6) is 0 Å². The van der Waals surface area contributed by atoms with E-state index in [2.05, 4.69) is 20.5 Å². The Morgan fingerprint density at radius 2 is 2.33 bits per heavy atom. The summed E-state index contributed by atoms with van der Waals surface area (Å²) in [6.45, 7) is 5.38. The van der Waals surface area contributed by atoms with Crippen molar-refractivity contribution in [2.75, 3.05) is 20.1 Å². The van der Waals surface area contributed by atoms with Gasteiger partial charge in [-0.1, -0.05) is 6.92 Å². The molecule has 0 spiro atoms. The molecule has 0 aromatic carbocycles. The molecule has 1 aromatic rings. The van der Waals surface area contributed by atoms with Crippen molar-refractivity contribution >= 4 is 5.91 Å². The summed E-state index contributed by atoms with van der Waals surface area (Å²) in [5.41, 5.74) is 0. The van der Waals surface area contributed by atoms with E-state index in [0.717, 1.165) is 12.4 Å². The Kier molecular flexibility index (Phi) is 4.23. The highest BCUT2D eigenvalue weighted by Crippen LogP contribution is 1.96. The summed E-state index contributed by atoms with van der Waals surface area (Å²) in [6, 6.07) is 0. The van der Waals surface area contributed by atoms with Gasteiger partial charge in [-0.15, -0.1) is 0 Å². The van der Waals surface area contributed by atoms with Crippen molar-refractivity contribution in [2.24, 2.45) is 0 Å². The van der Waals surface area contributed by atoms with Gasteiger partial charge >= 0.3 is 0 Å². The van der Waals surface area contributed by atoms with Crippen LogP contribution in [0.4, 0.5) is 0 Å². The van der Waals surface area contributed by atoms with Crippen molar-refractivity contribution in [2.45, 2.75) is 20.4 Å². The summed E-state index contributed by atoms with van der Waals surface area (Å²) in [7, 11) is 1.74. The summed E-state index contributed by atoms with van der Waals surface area (Å²) >= 11 is 0. The van der Waals surface area contributed by atoms with E-state index in [1.807, 2.05) is 13.8 Å². The van der Waals surface area contributed by atoms with Crippen LogP contribution in [0.15, 0.2) is 0 Å². The monoisotopic (exact) mass is 211 g/mol. The minimum absolute atomic E-state index is 0.0410. The summed E-state index contributed by atoms with van der Waals surface area (Å²) in [5.74, 6) is 1.44. The van der Waals surface area contributed by atoms with Gasteiger partial charge in [-0.25, -0.2) is 4.98 Å². The average Bonchev–Trinajstić information content (AvgIpc) is 2.60. The minimum Gasteiger partial charge on any atom is -0.337 e. The fourth-order valence-electron chi connectivity index (χ4n) is 1.13. The first kappa shape index (κ1) is 11.6. The molecule has 0 saturated heterocycles. The molecule has 1 aromatic heterocycles. The number of carbonyl (C=O) groups excluding carboxylic acids is 1. The lowest BCUT2D eigenvalue weighted by atomic mass is 10.4. The fourth-order valence-corrected chi connectivity index (χ4v) is 1.13. The van der Waals surface area contributed by atoms with Crippen LogP contribution in [0.25, 0.3) is 0 Å². The van der Waals surface area contributed by atoms with Crippen LogP contribution >= 0.6 is 0 Å². The molecular formula is C9H17N5O. The number of nitrogens with one attached hydrogen (secondary N) is 2. The standard InChI is InChI=1S/C9H17N5O/c1-4-10-5-9(15)14(3)6-8-11-7(2)12-13-8/h10H,4-6H2,1-3H3,(H,11,12,13). The lowest BCUT2D eigenvalue weighted by Gasteiger charge is -2.14. The number of carbonyl (C=O) groups is 1. The number of rotatable bonds is 5. The number of aromatic amines is 1. The van der Waals surface area contributed by atoms with Crippen molar-refractivity contribution in [3.63, 3.8) is 0 Å². The predicted octanol–water partition coefficient (Wildman–Crippen LogP) is -0.319. The van der Waals surface area contributed by atoms with E-state index in [1.54, 1.807) is 11.9 Å². The van der Waals surface area contributed by atoms with Gasteiger partial charge in [-0.3, -0.25) is 9.89 Å². The van der Waals surface area contributed by atoms with Crippen molar-refractivity contribution in [1.29, 1.82) is 0 Å². The quantitative estimate of drug-likeness (QED) is 0.700. The maximum atomic E-state index is 11.5. The van der Waals surface area contributed by atoms with Gasteiger partial charge in [0.2, 0.25) is 5.91 Å². The molecule has 84 valence electrons. The molecule has 1 rings (SSSR count). The third kappa shape index (κ3) is 3.67. The lowest BCUT2D eigenvalue weighted by Crippen LogP contribution is -2.35. The van der Waals surface area contributed by atoms with Crippen LogP contribution < -0.4 is 5.32 Å². The van der Waals surface area contributed by atoms with Gasteiger partial charge in [0.05, 0.1) is 13.1 Å². The molecular weight excluding hydrogens is 194 g/mol. The predicted molar refractivity (Wildman–Crippen MR) is 56.1 cm³/mol. The van der Waals surface area contributed by atoms with Crippen molar-refractivity contribution in [3.05, 3.63) is 11.6 Å². The lowest BCUT2D eigenvalue weighted by molar-refractivity contribution is -0.129. The van der Waals surface area contributed by atoms with Crippen LogP contribution in [0.2, 0.25) is 0 Å². The van der Waals surface area contributed by atoms with Crippen LogP contribution in [0, 0.1) is 6.92 Å². The second-order valence-electron chi connectivity index (χ2n) is 3.37. The third-order valence-corrected chi connectivity index (χ3v) is 1.97. The third-order valence-electron chi connectivity index (χ3n) is 1.97. The van der Waals surface area contributed by atoms with Gasteiger partial charge in [-0.2, -0.15) is 5.10 Å². The summed E-state index contributed by atoms with van der Waals surface area (Å²) in [5, 5.41) is 9.69. The summed E-state index contributed by atoms with van der Waals surface area (Å²) in [6.07, 6.45) is 0. The van der Waals surface area contributed by atoms with Crippen LogP contribution in [0.3, 0.4) is 0 Å². The maximum Gasteiger partial charge on any atom is 0.236 e. The number of aromatic nitrogens is 3. The van der Waals surface area contributed by atoms with E-state index in [9.17, 15) is 4.79 Å². The molecule has 0 bridgehead atoms. The molecule has 0 aliphatic heterocycles. The second kappa shape index (κ2) is 5.45. The SMILES string of the molecule is CCNCC(=O)N(C)Cc1n[nH]c(C)n1. The van der Waals surface area contributed by atoms with Crippen LogP contribution in [0.1, 0.15) is 18.6 Å². The average molecular weight is 211 g/mol. The number of H-pyrrole nitrogens is 1. The summed E-state index contributed by atoms with van der Waals surface area (Å²) in [4.78, 5) is 17.2. The molecule has 1 amide bonds. The Hall–Kier alpha value is -1.43. The Bertz CT molecular complexity index is 322. The largest absolute Gasteiger partial charge is 0.337 e. The van der Waals surface area contributed by atoms with E-state index < -0.39 is 0 Å². The molecule has 0 radical (unpaired) electrons. The van der Waals surface area contributed by atoms with E-state index in [0.29, 0.717) is 18.9 Å². The normalized spacial score (nSPS) is 10.3. The zero-order valence-corrected chi connectivity index (χ0v) is 9.37.